The van der Waals surface area contributed by atoms with E-state index >= 15 is 0 Å². The van der Waals surface area contributed by atoms with Crippen LogP contribution >= 0.6 is 0 Å². The molecule has 1 aliphatic rings. The first kappa shape index (κ1) is 23.6. The van der Waals surface area contributed by atoms with E-state index < -0.39 is 34.4 Å². The molecule has 3 rings (SSSR count). The molecule has 1 N–H and O–H groups in total. The molecular formula is C22H24N2O7S. The SMILES string of the molecule is Cc1ccc(C(=O)OCC(=O)NC(=O)Cc2ccccc2)cc1S(=O)(=O)N1CCOCC1. The lowest BCUT2D eigenvalue weighted by Gasteiger charge is -2.26. The van der Waals surface area contributed by atoms with Crippen LogP contribution < -0.4 is 5.32 Å². The van der Waals surface area contributed by atoms with Crippen molar-refractivity contribution in [1.29, 1.82) is 0 Å². The van der Waals surface area contributed by atoms with E-state index in [1.165, 1.54) is 22.5 Å². The van der Waals surface area contributed by atoms with Gasteiger partial charge in [0.1, 0.15) is 0 Å². The molecule has 0 aromatic heterocycles. The number of carbonyl (C=O) groups excluding carboxylic acids is 3. The van der Waals surface area contributed by atoms with Crippen molar-refractivity contribution in [2.75, 3.05) is 32.9 Å². The third kappa shape index (κ3) is 6.00. The van der Waals surface area contributed by atoms with Gasteiger partial charge in [0.05, 0.1) is 30.1 Å². The van der Waals surface area contributed by atoms with E-state index in [-0.39, 0.29) is 30.0 Å². The molecule has 2 amide bonds. The standard InChI is InChI=1S/C22H24N2O7S/c1-16-7-8-18(14-19(16)32(28,29)24-9-11-30-12-10-24)22(27)31-15-21(26)23-20(25)13-17-5-3-2-4-6-17/h2-8,14H,9-13,15H2,1H3,(H,23,25,26). The van der Waals surface area contributed by atoms with Gasteiger partial charge in [-0.3, -0.25) is 14.9 Å². The Morgan fingerprint density at radius 2 is 1.72 bits per heavy atom. The van der Waals surface area contributed by atoms with E-state index in [2.05, 4.69) is 5.32 Å². The van der Waals surface area contributed by atoms with Crippen molar-refractivity contribution in [3.05, 3.63) is 65.2 Å². The Balaban J connectivity index is 1.60. The van der Waals surface area contributed by atoms with Crippen LogP contribution in [0.2, 0.25) is 0 Å². The molecule has 170 valence electrons. The van der Waals surface area contributed by atoms with Crippen molar-refractivity contribution < 1.29 is 32.3 Å². The second kappa shape index (κ2) is 10.5. The number of esters is 1. The number of sulfonamides is 1. The number of benzene rings is 2. The zero-order valence-corrected chi connectivity index (χ0v) is 18.4. The molecule has 2 aromatic carbocycles. The molecule has 2 aromatic rings. The van der Waals surface area contributed by atoms with Crippen molar-refractivity contribution in [3.8, 4) is 0 Å². The molecule has 9 nitrogen and oxygen atoms in total. The van der Waals surface area contributed by atoms with Gasteiger partial charge in [0.15, 0.2) is 6.61 Å². The fraction of sp³-hybridized carbons (Fsp3) is 0.318. The van der Waals surface area contributed by atoms with Crippen LogP contribution in [0, 0.1) is 6.92 Å². The molecule has 0 saturated carbocycles. The van der Waals surface area contributed by atoms with Gasteiger partial charge in [-0.15, -0.1) is 0 Å². The number of nitrogens with one attached hydrogen (secondary N) is 1. The van der Waals surface area contributed by atoms with E-state index in [0.29, 0.717) is 18.8 Å². The van der Waals surface area contributed by atoms with Crippen LogP contribution in [0.5, 0.6) is 0 Å². The van der Waals surface area contributed by atoms with Crippen LogP contribution in [0.25, 0.3) is 0 Å². The van der Waals surface area contributed by atoms with Crippen molar-refractivity contribution in [1.82, 2.24) is 9.62 Å². The van der Waals surface area contributed by atoms with Crippen LogP contribution in [-0.4, -0.2) is 63.4 Å². The first-order valence-corrected chi connectivity index (χ1v) is 11.4. The Bertz CT molecular complexity index is 1090. The summed E-state index contributed by atoms with van der Waals surface area (Å²) in [5, 5.41) is 2.15. The number of ether oxygens (including phenoxy) is 2. The Kier molecular flexibility index (Phi) is 7.73. The van der Waals surface area contributed by atoms with E-state index in [1.54, 1.807) is 31.2 Å². The van der Waals surface area contributed by atoms with Gasteiger partial charge in [-0.1, -0.05) is 36.4 Å². The molecule has 10 heteroatoms. The monoisotopic (exact) mass is 460 g/mol. The van der Waals surface area contributed by atoms with Crippen LogP contribution in [0.4, 0.5) is 0 Å². The van der Waals surface area contributed by atoms with Crippen molar-refractivity contribution in [2.45, 2.75) is 18.2 Å². The molecule has 1 heterocycles. The third-order valence-electron chi connectivity index (χ3n) is 4.83. The minimum atomic E-state index is -3.80. The summed E-state index contributed by atoms with van der Waals surface area (Å²) < 4.78 is 37.3. The van der Waals surface area contributed by atoms with Crippen molar-refractivity contribution in [2.24, 2.45) is 0 Å². The highest BCUT2D eigenvalue weighted by Gasteiger charge is 2.28. The Hall–Kier alpha value is -3.08. The number of aryl methyl sites for hydroxylation is 1. The number of rotatable bonds is 7. The van der Waals surface area contributed by atoms with Gasteiger partial charge in [0.25, 0.3) is 5.91 Å². The molecule has 0 radical (unpaired) electrons. The lowest BCUT2D eigenvalue weighted by Crippen LogP contribution is -2.40. The van der Waals surface area contributed by atoms with Gasteiger partial charge < -0.3 is 9.47 Å². The minimum Gasteiger partial charge on any atom is -0.452 e. The molecule has 1 aliphatic heterocycles. The van der Waals surface area contributed by atoms with Gasteiger partial charge >= 0.3 is 5.97 Å². The topological polar surface area (TPSA) is 119 Å². The lowest BCUT2D eigenvalue weighted by molar-refractivity contribution is -0.132. The fourth-order valence-electron chi connectivity index (χ4n) is 3.16. The highest BCUT2D eigenvalue weighted by Crippen LogP contribution is 2.22. The summed E-state index contributed by atoms with van der Waals surface area (Å²) in [5.41, 5.74) is 1.21. The summed E-state index contributed by atoms with van der Waals surface area (Å²) in [6, 6.07) is 13.0. The summed E-state index contributed by atoms with van der Waals surface area (Å²) in [5.74, 6) is -2.16. The second-order valence-corrected chi connectivity index (χ2v) is 9.11. The number of nitrogens with zero attached hydrogens (tertiary/aromatic N) is 1. The average molecular weight is 461 g/mol. The Morgan fingerprint density at radius 3 is 2.41 bits per heavy atom. The van der Waals surface area contributed by atoms with Crippen LogP contribution in [0.3, 0.4) is 0 Å². The number of imide groups is 1. The molecule has 1 fully saturated rings. The first-order chi connectivity index (χ1) is 15.3. The molecular weight excluding hydrogens is 436 g/mol. The molecule has 0 unspecified atom stereocenters. The Labute approximate surface area is 186 Å². The second-order valence-electron chi connectivity index (χ2n) is 7.21. The van der Waals surface area contributed by atoms with Crippen molar-refractivity contribution >= 4 is 27.8 Å². The number of morpholine rings is 1. The van der Waals surface area contributed by atoms with Crippen LogP contribution in [0.1, 0.15) is 21.5 Å². The zero-order valence-electron chi connectivity index (χ0n) is 17.6. The number of hydrogen-bond acceptors (Lipinski definition) is 7. The highest BCUT2D eigenvalue weighted by molar-refractivity contribution is 7.89. The van der Waals surface area contributed by atoms with Gasteiger partial charge in [-0.25, -0.2) is 13.2 Å². The summed E-state index contributed by atoms with van der Waals surface area (Å²) in [6.07, 6.45) is 0.0151. The van der Waals surface area contributed by atoms with Gasteiger partial charge in [-0.2, -0.15) is 4.31 Å². The van der Waals surface area contributed by atoms with Gasteiger partial charge in [-0.05, 0) is 30.2 Å². The lowest BCUT2D eigenvalue weighted by atomic mass is 10.1. The largest absolute Gasteiger partial charge is 0.452 e. The van der Waals surface area contributed by atoms with E-state index in [0.717, 1.165) is 5.56 Å². The molecule has 0 bridgehead atoms. The first-order valence-electron chi connectivity index (χ1n) is 9.99. The Morgan fingerprint density at radius 1 is 1.03 bits per heavy atom. The summed E-state index contributed by atoms with van der Waals surface area (Å²) in [6.45, 7) is 2.03. The normalized spacial score (nSPS) is 14.5. The molecule has 0 atom stereocenters. The molecule has 0 aliphatic carbocycles. The molecule has 1 saturated heterocycles. The van der Waals surface area contributed by atoms with E-state index in [4.69, 9.17) is 9.47 Å². The van der Waals surface area contributed by atoms with E-state index in [9.17, 15) is 22.8 Å². The van der Waals surface area contributed by atoms with Crippen molar-refractivity contribution in [3.63, 3.8) is 0 Å². The minimum absolute atomic E-state index is 0.00339. The quantitative estimate of drug-likeness (QED) is 0.614. The maximum absolute atomic E-state index is 12.9. The smallest absolute Gasteiger partial charge is 0.338 e. The molecule has 0 spiro atoms. The summed E-state index contributed by atoms with van der Waals surface area (Å²) in [4.78, 5) is 36.2. The van der Waals surface area contributed by atoms with Crippen LogP contribution in [0.15, 0.2) is 53.4 Å². The maximum Gasteiger partial charge on any atom is 0.338 e. The number of hydrogen-bond donors (Lipinski definition) is 1. The predicted molar refractivity (Wildman–Crippen MR) is 114 cm³/mol. The number of carbonyl (C=O) groups is 3. The summed E-state index contributed by atoms with van der Waals surface area (Å²) >= 11 is 0. The zero-order chi connectivity index (χ0) is 23.1. The molecule has 32 heavy (non-hydrogen) atoms. The van der Waals surface area contributed by atoms with E-state index in [1.807, 2.05) is 6.07 Å². The number of amides is 2. The predicted octanol–water partition coefficient (Wildman–Crippen LogP) is 1.06. The average Bonchev–Trinajstić information content (AvgIpc) is 2.79. The van der Waals surface area contributed by atoms with Crippen LogP contribution in [-0.2, 0) is 35.5 Å². The summed E-state index contributed by atoms with van der Waals surface area (Å²) in [7, 11) is -3.80. The highest BCUT2D eigenvalue weighted by atomic mass is 32.2. The maximum atomic E-state index is 12.9. The van der Waals surface area contributed by atoms with Gasteiger partial charge in [0.2, 0.25) is 15.9 Å². The fourth-order valence-corrected chi connectivity index (χ4v) is 4.82. The third-order valence-corrected chi connectivity index (χ3v) is 6.87. The van der Waals surface area contributed by atoms with Gasteiger partial charge in [0, 0.05) is 13.1 Å².